The predicted octanol–water partition coefficient (Wildman–Crippen LogP) is 4.27. The Kier molecular flexibility index (Phi) is 10.3. The molecule has 2 N–H and O–H groups in total. The van der Waals surface area contributed by atoms with Crippen LogP contribution in [-0.2, 0) is 34.5 Å². The third-order valence-electron chi connectivity index (χ3n) is 5.14. The number of aryl methyl sites for hydroxylation is 1. The Morgan fingerprint density at radius 1 is 1.11 bits per heavy atom. The molecule has 3 heterocycles. The molecule has 1 fully saturated rings. The van der Waals surface area contributed by atoms with Gasteiger partial charge in [0.15, 0.2) is 0 Å². The Balaban J connectivity index is 0.000000271. The van der Waals surface area contributed by atoms with Crippen LogP contribution in [0, 0.1) is 5.92 Å². The molecule has 1 aliphatic carbocycles. The van der Waals surface area contributed by atoms with Gasteiger partial charge in [-0.25, -0.2) is 14.6 Å². The zero-order chi connectivity index (χ0) is 27.1. The average molecular weight is 546 g/mol. The number of thiophene rings is 1. The number of halogens is 6. The standard InChI is InChI=1S/C17H23N3OS.2C2HF3O2/c1-19-12-18-16-8-20(6-14-4-5-22-11-14)7-15(17(16)19)10-21-9-13-2-3-13;2*3-2(4,5)1(6)7/h4-5,11-13,15H,2-3,6-10H2,1H3;2*(H,6,7). The summed E-state index contributed by atoms with van der Waals surface area (Å²) in [6, 6.07) is 2.22. The maximum atomic E-state index is 10.6. The lowest BCUT2D eigenvalue weighted by Gasteiger charge is -2.32. The molecule has 2 aromatic rings. The number of hydrogen-bond donors (Lipinski definition) is 2. The third kappa shape index (κ3) is 9.78. The lowest BCUT2D eigenvalue weighted by molar-refractivity contribution is -0.193. The summed E-state index contributed by atoms with van der Waals surface area (Å²) in [7, 11) is 2.11. The van der Waals surface area contributed by atoms with Gasteiger partial charge in [-0.2, -0.15) is 37.7 Å². The summed E-state index contributed by atoms with van der Waals surface area (Å²) in [5, 5.41) is 18.6. The van der Waals surface area contributed by atoms with Gasteiger partial charge in [0.05, 0.1) is 18.6 Å². The molecule has 0 radical (unpaired) electrons. The van der Waals surface area contributed by atoms with Crippen molar-refractivity contribution in [1.82, 2.24) is 14.5 Å². The zero-order valence-electron chi connectivity index (χ0n) is 19.1. The molecule has 2 aromatic heterocycles. The molecule has 0 aromatic carbocycles. The molecule has 4 rings (SSSR count). The molecule has 1 unspecified atom stereocenters. The number of carboxylic acid groups (broad SMARTS) is 2. The molecule has 2 aliphatic rings. The van der Waals surface area contributed by atoms with Crippen LogP contribution in [-0.4, -0.2) is 68.7 Å². The van der Waals surface area contributed by atoms with E-state index in [1.807, 2.05) is 6.33 Å². The van der Waals surface area contributed by atoms with Crippen LogP contribution < -0.4 is 0 Å². The molecule has 36 heavy (non-hydrogen) atoms. The topological polar surface area (TPSA) is 105 Å². The van der Waals surface area contributed by atoms with Crippen LogP contribution in [0.2, 0.25) is 0 Å². The number of fused-ring (bicyclic) bond motifs is 1. The van der Waals surface area contributed by atoms with Crippen molar-refractivity contribution in [3.63, 3.8) is 0 Å². The van der Waals surface area contributed by atoms with Gasteiger partial charge in [-0.05, 0) is 41.1 Å². The second kappa shape index (κ2) is 12.5. The fraction of sp³-hybridized carbons (Fsp3) is 0.571. The Labute approximate surface area is 206 Å². The number of aromatic nitrogens is 2. The maximum Gasteiger partial charge on any atom is 0.490 e. The van der Waals surface area contributed by atoms with E-state index in [4.69, 9.17) is 24.5 Å². The van der Waals surface area contributed by atoms with Gasteiger partial charge < -0.3 is 19.5 Å². The lowest BCUT2D eigenvalue weighted by Crippen LogP contribution is -2.36. The van der Waals surface area contributed by atoms with Gasteiger partial charge in [0, 0.05) is 44.9 Å². The largest absolute Gasteiger partial charge is 0.490 e. The fourth-order valence-electron chi connectivity index (χ4n) is 3.36. The number of ether oxygens (including phenoxy) is 1. The molecule has 0 saturated heterocycles. The molecule has 202 valence electrons. The van der Waals surface area contributed by atoms with E-state index in [1.165, 1.54) is 29.8 Å². The summed E-state index contributed by atoms with van der Waals surface area (Å²) < 4.78 is 71.7. The highest BCUT2D eigenvalue weighted by molar-refractivity contribution is 7.07. The van der Waals surface area contributed by atoms with Crippen LogP contribution in [0.4, 0.5) is 26.3 Å². The monoisotopic (exact) mass is 545 g/mol. The van der Waals surface area contributed by atoms with Crippen molar-refractivity contribution in [3.05, 3.63) is 40.1 Å². The number of hydrogen-bond acceptors (Lipinski definition) is 6. The molecule has 1 saturated carbocycles. The lowest BCUT2D eigenvalue weighted by atomic mass is 9.98. The number of nitrogens with zero attached hydrogens (tertiary/aromatic N) is 3. The highest BCUT2D eigenvalue weighted by Crippen LogP contribution is 2.31. The number of rotatable bonds is 6. The minimum absolute atomic E-state index is 0.439. The molecule has 0 bridgehead atoms. The molecule has 1 aliphatic heterocycles. The number of carbonyl (C=O) groups is 2. The molecule has 1 atom stereocenters. The van der Waals surface area contributed by atoms with E-state index in [0.29, 0.717) is 5.92 Å². The van der Waals surface area contributed by atoms with Gasteiger partial charge in [0.25, 0.3) is 0 Å². The van der Waals surface area contributed by atoms with E-state index >= 15 is 0 Å². The molecular weight excluding hydrogens is 520 g/mol. The van der Waals surface area contributed by atoms with E-state index in [0.717, 1.165) is 38.8 Å². The van der Waals surface area contributed by atoms with E-state index in [1.54, 1.807) is 11.3 Å². The number of carboxylic acids is 2. The van der Waals surface area contributed by atoms with E-state index in [9.17, 15) is 26.3 Å². The molecule has 8 nitrogen and oxygen atoms in total. The van der Waals surface area contributed by atoms with Gasteiger partial charge in [-0.1, -0.05) is 0 Å². The van der Waals surface area contributed by atoms with E-state index in [-0.39, 0.29) is 0 Å². The molecular formula is C21H25F6N3O5S. The summed E-state index contributed by atoms with van der Waals surface area (Å²) in [6.07, 6.45) is -5.51. The third-order valence-corrected chi connectivity index (χ3v) is 5.87. The highest BCUT2D eigenvalue weighted by Gasteiger charge is 2.39. The Hall–Kier alpha value is -2.65. The number of alkyl halides is 6. The van der Waals surface area contributed by atoms with Gasteiger partial charge in [-0.3, -0.25) is 4.90 Å². The second-order valence-corrected chi connectivity index (χ2v) is 9.05. The van der Waals surface area contributed by atoms with Gasteiger partial charge >= 0.3 is 24.3 Å². The van der Waals surface area contributed by atoms with Crippen LogP contribution in [0.3, 0.4) is 0 Å². The summed E-state index contributed by atoms with van der Waals surface area (Å²) >= 11 is 1.77. The second-order valence-electron chi connectivity index (χ2n) is 8.27. The smallest absolute Gasteiger partial charge is 0.475 e. The zero-order valence-corrected chi connectivity index (χ0v) is 19.9. The summed E-state index contributed by atoms with van der Waals surface area (Å²) in [5.41, 5.74) is 4.00. The molecule has 0 spiro atoms. The van der Waals surface area contributed by atoms with Crippen LogP contribution in [0.1, 0.15) is 35.7 Å². The minimum atomic E-state index is -5.08. The maximum absolute atomic E-state index is 10.6. The van der Waals surface area contributed by atoms with Crippen molar-refractivity contribution in [2.75, 3.05) is 19.8 Å². The van der Waals surface area contributed by atoms with Crippen molar-refractivity contribution in [2.45, 2.75) is 44.2 Å². The first-order valence-electron chi connectivity index (χ1n) is 10.6. The van der Waals surface area contributed by atoms with Crippen LogP contribution in [0.25, 0.3) is 0 Å². The van der Waals surface area contributed by atoms with Crippen molar-refractivity contribution in [3.8, 4) is 0 Å². The minimum Gasteiger partial charge on any atom is -0.475 e. The summed E-state index contributed by atoms with van der Waals surface area (Å²) in [5.74, 6) is -4.25. The Morgan fingerprint density at radius 3 is 2.17 bits per heavy atom. The first kappa shape index (κ1) is 29.6. The van der Waals surface area contributed by atoms with Crippen molar-refractivity contribution in [2.24, 2.45) is 13.0 Å². The Bertz CT molecular complexity index is 965. The fourth-order valence-corrected chi connectivity index (χ4v) is 4.02. The first-order valence-corrected chi connectivity index (χ1v) is 11.5. The Morgan fingerprint density at radius 2 is 1.69 bits per heavy atom. The number of aliphatic carboxylic acids is 2. The SMILES string of the molecule is Cn1cnc2c1C(COCC1CC1)CN(Cc1ccsc1)C2.O=C(O)C(F)(F)F.O=C(O)C(F)(F)F. The number of imidazole rings is 1. The quantitative estimate of drug-likeness (QED) is 0.523. The van der Waals surface area contributed by atoms with Gasteiger partial charge in [0.1, 0.15) is 0 Å². The van der Waals surface area contributed by atoms with Crippen LogP contribution in [0.15, 0.2) is 23.2 Å². The highest BCUT2D eigenvalue weighted by atomic mass is 32.1. The van der Waals surface area contributed by atoms with Crippen LogP contribution in [0.5, 0.6) is 0 Å². The van der Waals surface area contributed by atoms with Gasteiger partial charge in [0.2, 0.25) is 0 Å². The molecule has 15 heteroatoms. The van der Waals surface area contributed by atoms with E-state index in [2.05, 4.69) is 38.3 Å². The van der Waals surface area contributed by atoms with Crippen molar-refractivity contribution in [1.29, 1.82) is 0 Å². The normalized spacial score (nSPS) is 17.8. The average Bonchev–Trinajstić information content (AvgIpc) is 3.30. The first-order chi connectivity index (χ1) is 16.7. The summed E-state index contributed by atoms with van der Waals surface area (Å²) in [6.45, 7) is 4.79. The summed E-state index contributed by atoms with van der Waals surface area (Å²) in [4.78, 5) is 24.9. The van der Waals surface area contributed by atoms with E-state index < -0.39 is 24.3 Å². The van der Waals surface area contributed by atoms with Crippen molar-refractivity contribution < 1.29 is 50.9 Å². The van der Waals surface area contributed by atoms with Crippen molar-refractivity contribution >= 4 is 23.3 Å². The molecule has 0 amide bonds. The van der Waals surface area contributed by atoms with Crippen LogP contribution >= 0.6 is 11.3 Å². The predicted molar refractivity (Wildman–Crippen MR) is 115 cm³/mol. The van der Waals surface area contributed by atoms with Gasteiger partial charge in [-0.15, -0.1) is 0 Å².